The monoisotopic (exact) mass is 282 g/mol. The lowest BCUT2D eigenvalue weighted by Gasteiger charge is -2.07. The van der Waals surface area contributed by atoms with Crippen LogP contribution in [0.5, 0.6) is 0 Å². The molecule has 3 rings (SSSR count). The van der Waals surface area contributed by atoms with Gasteiger partial charge in [0.1, 0.15) is 5.52 Å². The first-order chi connectivity index (χ1) is 10.0. The molecule has 0 bridgehead atoms. The van der Waals surface area contributed by atoms with Crippen LogP contribution in [0.1, 0.15) is 21.5 Å². The Morgan fingerprint density at radius 2 is 1.95 bits per heavy atom. The first-order valence-corrected chi connectivity index (χ1v) is 6.55. The highest BCUT2D eigenvalue weighted by Crippen LogP contribution is 2.21. The van der Waals surface area contributed by atoms with Gasteiger partial charge in [0.15, 0.2) is 5.58 Å². The van der Waals surface area contributed by atoms with Gasteiger partial charge in [0, 0.05) is 5.56 Å². The molecular weight excluding hydrogens is 268 g/mol. The van der Waals surface area contributed by atoms with Gasteiger partial charge in [-0.05, 0) is 49.2 Å². The van der Waals surface area contributed by atoms with E-state index in [0.717, 1.165) is 11.1 Å². The molecule has 0 aliphatic rings. The topological polar surface area (TPSA) is 75.1 Å². The third kappa shape index (κ3) is 2.45. The fourth-order valence-electron chi connectivity index (χ4n) is 2.15. The van der Waals surface area contributed by atoms with Crippen molar-refractivity contribution in [3.63, 3.8) is 0 Å². The first-order valence-electron chi connectivity index (χ1n) is 6.55. The number of anilines is 1. The van der Waals surface area contributed by atoms with Crippen LogP contribution in [-0.4, -0.2) is 10.9 Å². The van der Waals surface area contributed by atoms with Crippen molar-refractivity contribution in [2.75, 3.05) is 5.32 Å². The number of fused-ring (bicyclic) bond motifs is 1. The lowest BCUT2D eigenvalue weighted by atomic mass is 10.1. The molecular formula is C16H14N2O3. The number of benzene rings is 2. The van der Waals surface area contributed by atoms with E-state index in [1.54, 1.807) is 24.3 Å². The minimum atomic E-state index is -0.544. The number of aromatic nitrogens is 1. The van der Waals surface area contributed by atoms with Crippen LogP contribution in [0.15, 0.2) is 45.6 Å². The van der Waals surface area contributed by atoms with Crippen LogP contribution in [0, 0.1) is 13.8 Å². The Kier molecular flexibility index (Phi) is 3.10. The smallest absolute Gasteiger partial charge is 0.408 e. The van der Waals surface area contributed by atoms with Gasteiger partial charge in [0.05, 0.1) is 5.69 Å². The summed E-state index contributed by atoms with van der Waals surface area (Å²) >= 11 is 0. The van der Waals surface area contributed by atoms with Crippen molar-refractivity contribution in [1.29, 1.82) is 0 Å². The number of hydrogen-bond donors (Lipinski definition) is 2. The maximum absolute atomic E-state index is 12.3. The van der Waals surface area contributed by atoms with E-state index in [9.17, 15) is 9.59 Å². The molecule has 0 unspecified atom stereocenters. The summed E-state index contributed by atoms with van der Waals surface area (Å²) in [5.74, 6) is -0.773. The molecule has 0 saturated carbocycles. The largest absolute Gasteiger partial charge is 0.417 e. The van der Waals surface area contributed by atoms with Gasteiger partial charge in [-0.1, -0.05) is 12.1 Å². The van der Waals surface area contributed by atoms with Crippen molar-refractivity contribution in [2.45, 2.75) is 13.8 Å². The molecule has 21 heavy (non-hydrogen) atoms. The zero-order valence-electron chi connectivity index (χ0n) is 11.7. The van der Waals surface area contributed by atoms with Gasteiger partial charge in [-0.3, -0.25) is 9.78 Å². The van der Waals surface area contributed by atoms with Gasteiger partial charge >= 0.3 is 5.76 Å². The summed E-state index contributed by atoms with van der Waals surface area (Å²) in [6.07, 6.45) is 0. The van der Waals surface area contributed by atoms with Crippen LogP contribution < -0.4 is 11.1 Å². The lowest BCUT2D eigenvalue weighted by Crippen LogP contribution is -2.12. The molecule has 0 aliphatic heterocycles. The van der Waals surface area contributed by atoms with Gasteiger partial charge in [-0.2, -0.15) is 0 Å². The van der Waals surface area contributed by atoms with E-state index in [2.05, 4.69) is 10.3 Å². The Morgan fingerprint density at radius 1 is 1.14 bits per heavy atom. The Hall–Kier alpha value is -2.82. The maximum atomic E-state index is 12.3. The zero-order chi connectivity index (χ0) is 15.0. The number of oxazole rings is 1. The van der Waals surface area contributed by atoms with Crippen molar-refractivity contribution >= 4 is 22.7 Å². The van der Waals surface area contributed by atoms with Crippen molar-refractivity contribution in [3.8, 4) is 0 Å². The molecule has 106 valence electrons. The van der Waals surface area contributed by atoms with Crippen LogP contribution in [0.4, 0.5) is 5.69 Å². The average Bonchev–Trinajstić information content (AvgIpc) is 2.83. The number of carbonyl (C=O) groups excluding carboxylic acids is 1. The second-order valence-electron chi connectivity index (χ2n) is 4.95. The summed E-state index contributed by atoms with van der Waals surface area (Å²) in [4.78, 5) is 26.1. The quantitative estimate of drug-likeness (QED) is 0.758. The predicted molar refractivity (Wildman–Crippen MR) is 80.7 cm³/mol. The average molecular weight is 282 g/mol. The molecule has 0 aliphatic carbocycles. The maximum Gasteiger partial charge on any atom is 0.417 e. The third-order valence-electron chi connectivity index (χ3n) is 3.47. The Balaban J connectivity index is 1.96. The highest BCUT2D eigenvalue weighted by atomic mass is 16.4. The van der Waals surface area contributed by atoms with Crippen molar-refractivity contribution in [3.05, 3.63) is 63.6 Å². The Labute approximate surface area is 120 Å². The summed E-state index contributed by atoms with van der Waals surface area (Å²) in [5.41, 5.74) is 4.17. The number of rotatable bonds is 2. The molecule has 1 heterocycles. The second kappa shape index (κ2) is 4.94. The standard InChI is InChI=1S/C16H14N2O3/c1-9-6-7-11(8-10(9)2)15(19)17-12-4-3-5-13-14(12)18-16(20)21-13/h3-8H,1-2H3,(H,17,19)(H,18,20). The fourth-order valence-corrected chi connectivity index (χ4v) is 2.15. The van der Waals surface area contributed by atoms with Gasteiger partial charge in [-0.15, -0.1) is 0 Å². The van der Waals surface area contributed by atoms with E-state index in [1.807, 2.05) is 26.0 Å². The molecule has 3 aromatic rings. The van der Waals surface area contributed by atoms with Gasteiger partial charge in [0.25, 0.3) is 5.91 Å². The zero-order valence-corrected chi connectivity index (χ0v) is 11.7. The van der Waals surface area contributed by atoms with Crippen molar-refractivity contribution in [2.24, 2.45) is 0 Å². The lowest BCUT2D eigenvalue weighted by molar-refractivity contribution is 0.102. The van der Waals surface area contributed by atoms with E-state index in [4.69, 9.17) is 4.42 Å². The van der Waals surface area contributed by atoms with E-state index < -0.39 is 5.76 Å². The summed E-state index contributed by atoms with van der Waals surface area (Å²) in [6.45, 7) is 3.95. The van der Waals surface area contributed by atoms with Gasteiger partial charge in [0.2, 0.25) is 0 Å². The molecule has 1 aromatic heterocycles. The fraction of sp³-hybridized carbons (Fsp3) is 0.125. The molecule has 0 spiro atoms. The summed E-state index contributed by atoms with van der Waals surface area (Å²) in [7, 11) is 0. The third-order valence-corrected chi connectivity index (χ3v) is 3.47. The van der Waals surface area contributed by atoms with Crippen LogP contribution in [-0.2, 0) is 0 Å². The molecule has 0 fully saturated rings. The SMILES string of the molecule is Cc1ccc(C(=O)Nc2cccc3oc(=O)[nH]c23)cc1C. The Morgan fingerprint density at radius 3 is 2.71 bits per heavy atom. The first kappa shape index (κ1) is 13.2. The Bertz CT molecular complexity index is 890. The van der Waals surface area contributed by atoms with Crippen LogP contribution >= 0.6 is 0 Å². The summed E-state index contributed by atoms with van der Waals surface area (Å²) in [5, 5.41) is 2.79. The van der Waals surface area contributed by atoms with E-state index in [0.29, 0.717) is 22.4 Å². The van der Waals surface area contributed by atoms with E-state index >= 15 is 0 Å². The number of carbonyl (C=O) groups is 1. The van der Waals surface area contributed by atoms with Crippen LogP contribution in [0.3, 0.4) is 0 Å². The van der Waals surface area contributed by atoms with Crippen LogP contribution in [0.25, 0.3) is 11.1 Å². The van der Waals surface area contributed by atoms with Gasteiger partial charge in [-0.25, -0.2) is 4.79 Å². The molecule has 5 nitrogen and oxygen atoms in total. The molecule has 2 aromatic carbocycles. The molecule has 2 N–H and O–H groups in total. The number of nitrogens with one attached hydrogen (secondary N) is 2. The van der Waals surface area contributed by atoms with Crippen LogP contribution in [0.2, 0.25) is 0 Å². The highest BCUT2D eigenvalue weighted by Gasteiger charge is 2.11. The van der Waals surface area contributed by atoms with E-state index in [1.165, 1.54) is 0 Å². The predicted octanol–water partition coefficient (Wildman–Crippen LogP) is 2.99. The number of amides is 1. The summed E-state index contributed by atoms with van der Waals surface area (Å²) < 4.78 is 4.97. The highest BCUT2D eigenvalue weighted by molar-refractivity contribution is 6.07. The van der Waals surface area contributed by atoms with Crippen molar-refractivity contribution in [1.82, 2.24) is 4.98 Å². The van der Waals surface area contributed by atoms with Gasteiger partial charge < -0.3 is 9.73 Å². The number of hydrogen-bond acceptors (Lipinski definition) is 3. The molecule has 0 atom stereocenters. The number of aromatic amines is 1. The van der Waals surface area contributed by atoms with Crippen molar-refractivity contribution < 1.29 is 9.21 Å². The number of para-hydroxylation sites is 1. The summed E-state index contributed by atoms with van der Waals surface area (Å²) in [6, 6.07) is 10.6. The molecule has 0 saturated heterocycles. The normalized spacial score (nSPS) is 10.8. The molecule has 1 amide bonds. The molecule has 5 heteroatoms. The minimum Gasteiger partial charge on any atom is -0.408 e. The minimum absolute atomic E-state index is 0.229. The molecule has 0 radical (unpaired) electrons. The van der Waals surface area contributed by atoms with E-state index in [-0.39, 0.29) is 5.91 Å². The second-order valence-corrected chi connectivity index (χ2v) is 4.95. The number of aryl methyl sites for hydroxylation is 2. The number of H-pyrrole nitrogens is 1.